The first kappa shape index (κ1) is 21.5. The van der Waals surface area contributed by atoms with Crippen LogP contribution in [-0.4, -0.2) is 42.1 Å². The van der Waals surface area contributed by atoms with E-state index >= 15 is 0 Å². The fraction of sp³-hybridized carbons (Fsp3) is 0.276. The van der Waals surface area contributed by atoms with Crippen LogP contribution in [0, 0.1) is 6.92 Å². The van der Waals surface area contributed by atoms with Crippen LogP contribution in [0.15, 0.2) is 77.6 Å². The van der Waals surface area contributed by atoms with E-state index in [9.17, 15) is 4.79 Å². The first-order valence-corrected chi connectivity index (χ1v) is 11.8. The number of H-pyrrole nitrogens is 1. The molecule has 0 atom stereocenters. The Kier molecular flexibility index (Phi) is 5.77. The highest BCUT2D eigenvalue weighted by Gasteiger charge is 2.19. The predicted octanol–water partition coefficient (Wildman–Crippen LogP) is 5.70. The van der Waals surface area contributed by atoms with Gasteiger partial charge in [-0.3, -0.25) is 9.69 Å². The molecule has 0 saturated carbocycles. The molecule has 0 spiro atoms. The molecule has 4 nitrogen and oxygen atoms in total. The van der Waals surface area contributed by atoms with E-state index in [-0.39, 0.29) is 5.56 Å². The Morgan fingerprint density at radius 2 is 1.48 bits per heavy atom. The standard InChI is InChI=1S/C29H31N3O/c1-20(2)31-14-16-32(17-15-31)25-11-8-22(9-12-25)23-10-13-28-24(18-23)19-27(29(33)30-28)26-7-5-4-6-21(26)3/h4-13,18-20H,14-17H2,1-3H3,(H,30,33). The molecule has 0 amide bonds. The number of anilines is 1. The first-order chi connectivity index (χ1) is 16.0. The maximum Gasteiger partial charge on any atom is 0.256 e. The highest BCUT2D eigenvalue weighted by atomic mass is 16.1. The third kappa shape index (κ3) is 4.31. The molecule has 33 heavy (non-hydrogen) atoms. The molecule has 3 aromatic carbocycles. The molecule has 5 rings (SSSR count). The average molecular weight is 438 g/mol. The van der Waals surface area contributed by atoms with Gasteiger partial charge in [-0.1, -0.05) is 42.5 Å². The topological polar surface area (TPSA) is 39.3 Å². The van der Waals surface area contributed by atoms with Gasteiger partial charge in [-0.25, -0.2) is 0 Å². The third-order valence-electron chi connectivity index (χ3n) is 6.89. The maximum atomic E-state index is 12.7. The highest BCUT2D eigenvalue weighted by Crippen LogP contribution is 2.28. The van der Waals surface area contributed by atoms with Crippen LogP contribution in [0.1, 0.15) is 19.4 Å². The van der Waals surface area contributed by atoms with Crippen LogP contribution in [-0.2, 0) is 0 Å². The minimum atomic E-state index is -0.0496. The van der Waals surface area contributed by atoms with Gasteiger partial charge in [0.1, 0.15) is 0 Å². The normalized spacial score (nSPS) is 14.8. The van der Waals surface area contributed by atoms with Crippen LogP contribution in [0.5, 0.6) is 0 Å². The van der Waals surface area contributed by atoms with Crippen molar-refractivity contribution in [1.82, 2.24) is 9.88 Å². The number of aromatic nitrogens is 1. The Labute approximate surface area is 195 Å². The average Bonchev–Trinajstić information content (AvgIpc) is 2.84. The quantitative estimate of drug-likeness (QED) is 0.445. The molecule has 0 unspecified atom stereocenters. The van der Waals surface area contributed by atoms with Crippen molar-refractivity contribution < 1.29 is 0 Å². The summed E-state index contributed by atoms with van der Waals surface area (Å²) in [6, 6.07) is 25.8. The molecule has 1 N–H and O–H groups in total. The van der Waals surface area contributed by atoms with E-state index in [2.05, 4.69) is 65.0 Å². The summed E-state index contributed by atoms with van der Waals surface area (Å²) in [5.41, 5.74) is 7.23. The van der Waals surface area contributed by atoms with E-state index in [1.807, 2.05) is 43.3 Å². The van der Waals surface area contributed by atoms with E-state index in [1.54, 1.807) is 0 Å². The SMILES string of the molecule is Cc1ccccc1-c1cc2cc(-c3ccc(N4CCN(C(C)C)CC4)cc3)ccc2[nH]c1=O. The fourth-order valence-corrected chi connectivity index (χ4v) is 4.82. The van der Waals surface area contributed by atoms with E-state index < -0.39 is 0 Å². The van der Waals surface area contributed by atoms with Crippen molar-refractivity contribution in [2.24, 2.45) is 0 Å². The summed E-state index contributed by atoms with van der Waals surface area (Å²) in [5.74, 6) is 0. The molecule has 4 heteroatoms. The van der Waals surface area contributed by atoms with E-state index in [0.717, 1.165) is 53.8 Å². The van der Waals surface area contributed by atoms with Crippen LogP contribution in [0.25, 0.3) is 33.2 Å². The summed E-state index contributed by atoms with van der Waals surface area (Å²) in [7, 11) is 0. The third-order valence-corrected chi connectivity index (χ3v) is 6.89. The second-order valence-electron chi connectivity index (χ2n) is 9.29. The molecule has 1 saturated heterocycles. The zero-order chi connectivity index (χ0) is 22.9. The van der Waals surface area contributed by atoms with Gasteiger partial charge in [-0.05, 0) is 78.7 Å². The second kappa shape index (κ2) is 8.87. The summed E-state index contributed by atoms with van der Waals surface area (Å²) in [6.07, 6.45) is 0. The molecule has 0 radical (unpaired) electrons. The second-order valence-corrected chi connectivity index (χ2v) is 9.29. The van der Waals surface area contributed by atoms with Crippen LogP contribution >= 0.6 is 0 Å². The number of benzene rings is 3. The van der Waals surface area contributed by atoms with Crippen molar-refractivity contribution in [3.05, 3.63) is 88.7 Å². The molecule has 0 bridgehead atoms. The Balaban J connectivity index is 1.42. The minimum absolute atomic E-state index is 0.0496. The van der Waals surface area contributed by atoms with Crippen molar-refractivity contribution in [2.45, 2.75) is 26.8 Å². The monoisotopic (exact) mass is 437 g/mol. The molecule has 0 aliphatic carbocycles. The lowest BCUT2D eigenvalue weighted by atomic mass is 9.98. The Bertz CT molecular complexity index is 1330. The minimum Gasteiger partial charge on any atom is -0.369 e. The molecule has 1 aromatic heterocycles. The van der Waals surface area contributed by atoms with Gasteiger partial charge in [0.05, 0.1) is 0 Å². The number of piperazine rings is 1. The van der Waals surface area contributed by atoms with Gasteiger partial charge in [0.15, 0.2) is 0 Å². The lowest BCUT2D eigenvalue weighted by Crippen LogP contribution is -2.48. The molecular weight excluding hydrogens is 406 g/mol. The number of rotatable bonds is 4. The number of hydrogen-bond donors (Lipinski definition) is 1. The molecule has 1 aliphatic rings. The summed E-state index contributed by atoms with van der Waals surface area (Å²) < 4.78 is 0. The van der Waals surface area contributed by atoms with Crippen LogP contribution in [0.3, 0.4) is 0 Å². The molecule has 1 fully saturated rings. The summed E-state index contributed by atoms with van der Waals surface area (Å²) in [4.78, 5) is 20.8. The first-order valence-electron chi connectivity index (χ1n) is 11.8. The summed E-state index contributed by atoms with van der Waals surface area (Å²) in [6.45, 7) is 11.0. The van der Waals surface area contributed by atoms with Crippen molar-refractivity contribution >= 4 is 16.6 Å². The molecular formula is C29H31N3O. The summed E-state index contributed by atoms with van der Waals surface area (Å²) >= 11 is 0. The smallest absolute Gasteiger partial charge is 0.256 e. The van der Waals surface area contributed by atoms with E-state index in [0.29, 0.717) is 11.6 Å². The number of hydrogen-bond acceptors (Lipinski definition) is 3. The van der Waals surface area contributed by atoms with Crippen molar-refractivity contribution in [2.75, 3.05) is 31.1 Å². The summed E-state index contributed by atoms with van der Waals surface area (Å²) in [5, 5.41) is 1.04. The van der Waals surface area contributed by atoms with Gasteiger partial charge in [-0.15, -0.1) is 0 Å². The molecule has 168 valence electrons. The van der Waals surface area contributed by atoms with E-state index in [4.69, 9.17) is 0 Å². The van der Waals surface area contributed by atoms with Gasteiger partial charge in [0.2, 0.25) is 0 Å². The van der Waals surface area contributed by atoms with Gasteiger partial charge in [0, 0.05) is 49.0 Å². The highest BCUT2D eigenvalue weighted by molar-refractivity contribution is 5.88. The Morgan fingerprint density at radius 1 is 0.788 bits per heavy atom. The van der Waals surface area contributed by atoms with Crippen molar-refractivity contribution in [3.63, 3.8) is 0 Å². The predicted molar refractivity (Wildman–Crippen MR) is 139 cm³/mol. The number of fused-ring (bicyclic) bond motifs is 1. The molecule has 4 aromatic rings. The fourth-order valence-electron chi connectivity index (χ4n) is 4.82. The number of nitrogens with one attached hydrogen (secondary N) is 1. The van der Waals surface area contributed by atoms with Gasteiger partial charge in [0.25, 0.3) is 5.56 Å². The van der Waals surface area contributed by atoms with Gasteiger partial charge in [-0.2, -0.15) is 0 Å². The van der Waals surface area contributed by atoms with Crippen molar-refractivity contribution in [1.29, 1.82) is 0 Å². The largest absolute Gasteiger partial charge is 0.369 e. The Morgan fingerprint density at radius 3 is 2.18 bits per heavy atom. The number of pyridine rings is 1. The zero-order valence-corrected chi connectivity index (χ0v) is 19.6. The number of aryl methyl sites for hydroxylation is 1. The van der Waals surface area contributed by atoms with Crippen LogP contribution < -0.4 is 10.5 Å². The van der Waals surface area contributed by atoms with Crippen LogP contribution in [0.4, 0.5) is 5.69 Å². The molecule has 2 heterocycles. The van der Waals surface area contributed by atoms with Gasteiger partial charge >= 0.3 is 0 Å². The number of nitrogens with zero attached hydrogens (tertiary/aromatic N) is 2. The lowest BCUT2D eigenvalue weighted by molar-refractivity contribution is 0.209. The molecule has 1 aliphatic heterocycles. The zero-order valence-electron chi connectivity index (χ0n) is 19.6. The lowest BCUT2D eigenvalue weighted by Gasteiger charge is -2.38. The number of aromatic amines is 1. The maximum absolute atomic E-state index is 12.7. The van der Waals surface area contributed by atoms with Crippen molar-refractivity contribution in [3.8, 4) is 22.3 Å². The van der Waals surface area contributed by atoms with Gasteiger partial charge < -0.3 is 9.88 Å². The van der Waals surface area contributed by atoms with Crippen LogP contribution in [0.2, 0.25) is 0 Å². The van der Waals surface area contributed by atoms with E-state index in [1.165, 1.54) is 11.3 Å². The Hall–Kier alpha value is -3.37.